The standard InChI is InChI=1S/C20H29NO3/c1-5-6-7-8-9-10-11-12-13-18(21-24-4)17-14-15-19(22-2)20(16-17)23-3/h14-16H,5-11H2,1-4H3/b21-18+. The first kappa shape index (κ1) is 19.9. The highest BCUT2D eigenvalue weighted by atomic mass is 16.6. The predicted octanol–water partition coefficient (Wildman–Crippen LogP) is 4.81. The summed E-state index contributed by atoms with van der Waals surface area (Å²) in [4.78, 5) is 4.92. The van der Waals surface area contributed by atoms with E-state index < -0.39 is 0 Å². The van der Waals surface area contributed by atoms with Crippen LogP contribution in [0.4, 0.5) is 0 Å². The Bertz CT molecular complexity index is 570. The minimum absolute atomic E-state index is 0.601. The van der Waals surface area contributed by atoms with Gasteiger partial charge in [-0.2, -0.15) is 0 Å². The number of methoxy groups -OCH3 is 2. The van der Waals surface area contributed by atoms with E-state index in [1.54, 1.807) is 14.2 Å². The number of nitrogens with zero attached hydrogens (tertiary/aromatic N) is 1. The zero-order valence-electron chi connectivity index (χ0n) is 15.4. The summed E-state index contributed by atoms with van der Waals surface area (Å²) >= 11 is 0. The molecule has 0 aromatic heterocycles. The number of oxime groups is 1. The summed E-state index contributed by atoms with van der Waals surface area (Å²) in [6.07, 6.45) is 8.47. The van der Waals surface area contributed by atoms with Gasteiger partial charge in [-0.3, -0.25) is 0 Å². The molecule has 4 nitrogen and oxygen atoms in total. The Hall–Kier alpha value is -2.15. The molecule has 0 saturated heterocycles. The second-order valence-corrected chi connectivity index (χ2v) is 5.51. The molecule has 1 aromatic carbocycles. The quantitative estimate of drug-likeness (QED) is 0.267. The molecule has 24 heavy (non-hydrogen) atoms. The molecule has 0 heterocycles. The minimum Gasteiger partial charge on any atom is -0.493 e. The summed E-state index contributed by atoms with van der Waals surface area (Å²) < 4.78 is 10.6. The lowest BCUT2D eigenvalue weighted by molar-refractivity contribution is 0.214. The molecule has 4 heteroatoms. The van der Waals surface area contributed by atoms with Gasteiger partial charge in [-0.15, -0.1) is 0 Å². The second-order valence-electron chi connectivity index (χ2n) is 5.51. The van der Waals surface area contributed by atoms with Crippen LogP contribution in [0, 0.1) is 11.8 Å². The molecule has 0 atom stereocenters. The maximum atomic E-state index is 5.33. The van der Waals surface area contributed by atoms with Crippen molar-refractivity contribution in [1.82, 2.24) is 0 Å². The molecule has 1 rings (SSSR count). The number of ether oxygens (including phenoxy) is 2. The first-order chi connectivity index (χ1) is 11.8. The van der Waals surface area contributed by atoms with Gasteiger partial charge in [0.15, 0.2) is 17.2 Å². The molecule has 0 bridgehead atoms. The van der Waals surface area contributed by atoms with E-state index in [9.17, 15) is 0 Å². The summed E-state index contributed by atoms with van der Waals surface area (Å²) in [6.45, 7) is 2.23. The number of benzene rings is 1. The molecule has 0 aliphatic carbocycles. The van der Waals surface area contributed by atoms with Crippen molar-refractivity contribution in [1.29, 1.82) is 0 Å². The van der Waals surface area contributed by atoms with Gasteiger partial charge in [0.2, 0.25) is 0 Å². The van der Waals surface area contributed by atoms with Gasteiger partial charge in [0.25, 0.3) is 0 Å². The molecular formula is C20H29NO3. The Morgan fingerprint density at radius 2 is 1.67 bits per heavy atom. The molecule has 132 valence electrons. The van der Waals surface area contributed by atoms with Gasteiger partial charge in [-0.05, 0) is 30.5 Å². The maximum Gasteiger partial charge on any atom is 0.161 e. The van der Waals surface area contributed by atoms with Crippen molar-refractivity contribution in [3.05, 3.63) is 23.8 Å². The van der Waals surface area contributed by atoms with Crippen LogP contribution >= 0.6 is 0 Å². The monoisotopic (exact) mass is 331 g/mol. The third-order valence-corrected chi connectivity index (χ3v) is 3.70. The molecule has 0 spiro atoms. The second kappa shape index (κ2) is 12.3. The zero-order valence-corrected chi connectivity index (χ0v) is 15.4. The van der Waals surface area contributed by atoms with Crippen LogP contribution in [0.5, 0.6) is 11.5 Å². The predicted molar refractivity (Wildman–Crippen MR) is 98.9 cm³/mol. The van der Waals surface area contributed by atoms with Crippen LogP contribution in [-0.4, -0.2) is 27.0 Å². The average Bonchev–Trinajstić information content (AvgIpc) is 2.62. The number of unbranched alkanes of at least 4 members (excludes halogenated alkanes) is 6. The van der Waals surface area contributed by atoms with Crippen molar-refractivity contribution < 1.29 is 14.3 Å². The minimum atomic E-state index is 0.601. The maximum absolute atomic E-state index is 5.33. The molecule has 0 saturated carbocycles. The summed E-state index contributed by atoms with van der Waals surface area (Å²) in [5.74, 6) is 7.63. The SMILES string of the molecule is CCCCCCCCC#C/C(=N\OC)c1ccc(OC)c(OC)c1. The number of hydrogen-bond donors (Lipinski definition) is 0. The van der Waals surface area contributed by atoms with Gasteiger partial charge < -0.3 is 14.3 Å². The first-order valence-corrected chi connectivity index (χ1v) is 8.59. The van der Waals surface area contributed by atoms with E-state index >= 15 is 0 Å². The first-order valence-electron chi connectivity index (χ1n) is 8.59. The van der Waals surface area contributed by atoms with Crippen LogP contribution in [0.1, 0.15) is 57.4 Å². The van der Waals surface area contributed by atoms with Crippen molar-refractivity contribution in [2.24, 2.45) is 5.16 Å². The van der Waals surface area contributed by atoms with E-state index in [1.807, 2.05) is 18.2 Å². The van der Waals surface area contributed by atoms with Crippen molar-refractivity contribution >= 4 is 5.71 Å². The van der Waals surface area contributed by atoms with Gasteiger partial charge >= 0.3 is 0 Å². The van der Waals surface area contributed by atoms with Gasteiger partial charge in [0, 0.05) is 12.0 Å². The lowest BCUT2D eigenvalue weighted by atomic mass is 10.1. The lowest BCUT2D eigenvalue weighted by Crippen LogP contribution is -2.00. The zero-order chi connectivity index (χ0) is 17.6. The van der Waals surface area contributed by atoms with E-state index in [-0.39, 0.29) is 0 Å². The van der Waals surface area contributed by atoms with E-state index in [0.717, 1.165) is 18.4 Å². The largest absolute Gasteiger partial charge is 0.493 e. The van der Waals surface area contributed by atoms with Gasteiger partial charge in [0.05, 0.1) is 14.2 Å². The fraction of sp³-hybridized carbons (Fsp3) is 0.550. The summed E-state index contributed by atoms with van der Waals surface area (Å²) in [5, 5.41) is 4.03. The highest BCUT2D eigenvalue weighted by molar-refractivity contribution is 6.13. The number of hydrogen-bond acceptors (Lipinski definition) is 4. The Labute approximate surface area is 146 Å². The fourth-order valence-electron chi connectivity index (χ4n) is 2.36. The van der Waals surface area contributed by atoms with Crippen LogP contribution in [0.3, 0.4) is 0 Å². The molecule has 0 unspecified atom stereocenters. The highest BCUT2D eigenvalue weighted by Crippen LogP contribution is 2.27. The lowest BCUT2D eigenvalue weighted by Gasteiger charge is -2.08. The highest BCUT2D eigenvalue weighted by Gasteiger charge is 2.08. The molecule has 0 aliphatic heterocycles. The van der Waals surface area contributed by atoms with Crippen molar-refractivity contribution in [3.63, 3.8) is 0 Å². The topological polar surface area (TPSA) is 40.0 Å². The van der Waals surface area contributed by atoms with Crippen LogP contribution in [0.15, 0.2) is 23.4 Å². The van der Waals surface area contributed by atoms with Crippen LogP contribution in [0.25, 0.3) is 0 Å². The summed E-state index contributed by atoms with van der Waals surface area (Å²) in [7, 11) is 4.75. The summed E-state index contributed by atoms with van der Waals surface area (Å²) in [5.41, 5.74) is 1.45. The fourth-order valence-corrected chi connectivity index (χ4v) is 2.36. The van der Waals surface area contributed by atoms with E-state index in [4.69, 9.17) is 14.3 Å². The van der Waals surface area contributed by atoms with Crippen molar-refractivity contribution in [2.45, 2.75) is 51.9 Å². The Morgan fingerprint density at radius 3 is 2.33 bits per heavy atom. The smallest absolute Gasteiger partial charge is 0.161 e. The molecule has 0 N–H and O–H groups in total. The Morgan fingerprint density at radius 1 is 0.958 bits per heavy atom. The Kier molecular flexibility index (Phi) is 10.2. The van der Waals surface area contributed by atoms with Crippen LogP contribution in [-0.2, 0) is 4.84 Å². The van der Waals surface area contributed by atoms with Crippen molar-refractivity contribution in [2.75, 3.05) is 21.3 Å². The van der Waals surface area contributed by atoms with E-state index in [0.29, 0.717) is 17.2 Å². The van der Waals surface area contributed by atoms with Crippen molar-refractivity contribution in [3.8, 4) is 23.3 Å². The third-order valence-electron chi connectivity index (χ3n) is 3.70. The number of rotatable bonds is 10. The average molecular weight is 331 g/mol. The van der Waals surface area contributed by atoms with Gasteiger partial charge in [-0.25, -0.2) is 0 Å². The van der Waals surface area contributed by atoms with Gasteiger partial charge in [0.1, 0.15) is 7.11 Å². The molecule has 0 aliphatic rings. The van der Waals surface area contributed by atoms with Crippen LogP contribution < -0.4 is 9.47 Å². The van der Waals surface area contributed by atoms with E-state index in [2.05, 4.69) is 23.9 Å². The molecular weight excluding hydrogens is 302 g/mol. The molecule has 0 amide bonds. The summed E-state index contributed by atoms with van der Waals surface area (Å²) in [6, 6.07) is 5.60. The third kappa shape index (κ3) is 6.95. The molecule has 0 radical (unpaired) electrons. The Balaban J connectivity index is 2.65. The molecule has 0 fully saturated rings. The normalized spacial score (nSPS) is 10.8. The van der Waals surface area contributed by atoms with Crippen LogP contribution in [0.2, 0.25) is 0 Å². The van der Waals surface area contributed by atoms with E-state index in [1.165, 1.54) is 39.2 Å². The molecule has 1 aromatic rings. The van der Waals surface area contributed by atoms with Gasteiger partial charge in [-0.1, -0.05) is 50.1 Å².